The summed E-state index contributed by atoms with van der Waals surface area (Å²) in [6.45, 7) is 12.0. The summed E-state index contributed by atoms with van der Waals surface area (Å²) in [4.78, 5) is 0. The fourth-order valence-corrected chi connectivity index (χ4v) is 2.78. The van der Waals surface area contributed by atoms with Crippen LogP contribution in [0.2, 0.25) is 19.6 Å². The van der Waals surface area contributed by atoms with Gasteiger partial charge in [-0.05, 0) is 38.4 Å². The Kier molecular flexibility index (Phi) is 7.10. The van der Waals surface area contributed by atoms with E-state index in [2.05, 4.69) is 26.2 Å². The van der Waals surface area contributed by atoms with Gasteiger partial charge in [0.1, 0.15) is 0 Å². The summed E-state index contributed by atoms with van der Waals surface area (Å²) in [7, 11) is -1.52. The summed E-state index contributed by atoms with van der Waals surface area (Å²) in [5.74, 6) is 0.145. The first-order valence-corrected chi connectivity index (χ1v) is 9.18. The molecule has 0 aromatic heterocycles. The highest BCUT2D eigenvalue weighted by Crippen LogP contribution is 2.20. The lowest BCUT2D eigenvalue weighted by Gasteiger charge is -2.27. The molecule has 0 radical (unpaired) electrons. The predicted molar refractivity (Wildman–Crippen MR) is 67.4 cm³/mol. The van der Waals surface area contributed by atoms with Crippen LogP contribution in [0.1, 0.15) is 26.2 Å². The molecule has 0 aromatic rings. The molecule has 0 fully saturated rings. The lowest BCUT2D eigenvalue weighted by atomic mass is 9.99. The van der Waals surface area contributed by atoms with Gasteiger partial charge in [0.05, 0.1) is 6.67 Å². The van der Waals surface area contributed by atoms with E-state index in [1.807, 2.05) is 13.0 Å². The topological polar surface area (TPSA) is 9.23 Å². The van der Waals surface area contributed by atoms with Gasteiger partial charge in [-0.25, -0.2) is 0 Å². The van der Waals surface area contributed by atoms with Crippen molar-refractivity contribution in [2.45, 2.75) is 51.9 Å². The van der Waals surface area contributed by atoms with E-state index in [4.69, 9.17) is 4.43 Å². The van der Waals surface area contributed by atoms with Crippen molar-refractivity contribution in [3.8, 4) is 0 Å². The minimum atomic E-state index is -1.52. The maximum absolute atomic E-state index is 12.6. The van der Waals surface area contributed by atoms with E-state index in [-0.39, 0.29) is 18.7 Å². The Morgan fingerprint density at radius 1 is 1.40 bits per heavy atom. The normalized spacial score (nSPS) is 16.1. The quantitative estimate of drug-likeness (QED) is 0.451. The molecule has 0 aliphatic heterocycles. The van der Waals surface area contributed by atoms with Crippen LogP contribution >= 0.6 is 0 Å². The summed E-state index contributed by atoms with van der Waals surface area (Å²) in [5, 5.41) is 0. The summed E-state index contributed by atoms with van der Waals surface area (Å²) < 4.78 is 18.6. The van der Waals surface area contributed by atoms with Crippen LogP contribution in [0.5, 0.6) is 0 Å². The summed E-state index contributed by atoms with van der Waals surface area (Å²) in [6, 6.07) is 0. The highest BCUT2D eigenvalue weighted by molar-refractivity contribution is 6.69. The zero-order valence-corrected chi connectivity index (χ0v) is 11.6. The molecule has 0 aliphatic carbocycles. The van der Waals surface area contributed by atoms with Crippen molar-refractivity contribution in [3.63, 3.8) is 0 Å². The number of hydrogen-bond acceptors (Lipinski definition) is 1. The molecule has 2 unspecified atom stereocenters. The highest BCUT2D eigenvalue weighted by Gasteiger charge is 2.22. The van der Waals surface area contributed by atoms with Crippen LogP contribution in [0.25, 0.3) is 0 Å². The Morgan fingerprint density at radius 2 is 2.00 bits per heavy atom. The molecule has 0 aromatic carbocycles. The maximum Gasteiger partial charge on any atom is 0.184 e. The highest BCUT2D eigenvalue weighted by atomic mass is 28.4. The van der Waals surface area contributed by atoms with Gasteiger partial charge in [0.2, 0.25) is 0 Å². The van der Waals surface area contributed by atoms with Crippen LogP contribution in [0.3, 0.4) is 0 Å². The van der Waals surface area contributed by atoms with Crippen LogP contribution in [-0.2, 0) is 4.43 Å². The van der Waals surface area contributed by atoms with Crippen molar-refractivity contribution >= 4 is 8.32 Å². The van der Waals surface area contributed by atoms with Crippen molar-refractivity contribution in [2.24, 2.45) is 5.92 Å². The number of rotatable bonds is 8. The van der Waals surface area contributed by atoms with Crippen LogP contribution < -0.4 is 0 Å². The molecule has 0 spiro atoms. The van der Waals surface area contributed by atoms with Gasteiger partial charge >= 0.3 is 0 Å². The average Bonchev–Trinajstić information content (AvgIpc) is 2.11. The second-order valence-electron chi connectivity index (χ2n) is 5.04. The Morgan fingerprint density at radius 3 is 2.33 bits per heavy atom. The smallest absolute Gasteiger partial charge is 0.184 e. The van der Waals surface area contributed by atoms with Crippen LogP contribution in [-0.4, -0.2) is 21.1 Å². The minimum absolute atomic E-state index is 0.145. The third kappa shape index (κ3) is 7.74. The zero-order chi connectivity index (χ0) is 11.9. The van der Waals surface area contributed by atoms with Gasteiger partial charge in [-0.1, -0.05) is 19.4 Å². The molecule has 15 heavy (non-hydrogen) atoms. The monoisotopic (exact) mass is 232 g/mol. The van der Waals surface area contributed by atoms with Gasteiger partial charge in [0.15, 0.2) is 8.32 Å². The SMILES string of the molecule is C=CCC(CC(CC)CF)O[Si](C)(C)C. The van der Waals surface area contributed by atoms with E-state index in [0.717, 1.165) is 19.3 Å². The molecule has 3 heteroatoms. The Hall–Kier alpha value is -0.153. The largest absolute Gasteiger partial charge is 0.414 e. The van der Waals surface area contributed by atoms with Gasteiger partial charge in [-0.15, -0.1) is 6.58 Å². The first kappa shape index (κ1) is 14.8. The molecule has 2 atom stereocenters. The van der Waals surface area contributed by atoms with Crippen molar-refractivity contribution in [2.75, 3.05) is 6.67 Å². The molecule has 0 saturated carbocycles. The van der Waals surface area contributed by atoms with Crippen molar-refractivity contribution in [1.82, 2.24) is 0 Å². The van der Waals surface area contributed by atoms with E-state index in [9.17, 15) is 4.39 Å². The third-order valence-electron chi connectivity index (χ3n) is 2.34. The lowest BCUT2D eigenvalue weighted by molar-refractivity contribution is 0.150. The second-order valence-corrected chi connectivity index (χ2v) is 9.50. The number of hydrogen-bond donors (Lipinski definition) is 0. The number of halogens is 1. The van der Waals surface area contributed by atoms with E-state index in [1.165, 1.54) is 0 Å². The molecule has 0 N–H and O–H groups in total. The summed E-state index contributed by atoms with van der Waals surface area (Å²) >= 11 is 0. The van der Waals surface area contributed by atoms with Gasteiger partial charge < -0.3 is 4.43 Å². The first-order valence-electron chi connectivity index (χ1n) is 5.77. The standard InChI is InChI=1S/C12H25FOSi/c1-6-8-12(14-15(3,4)5)9-11(7-2)10-13/h6,11-12H,1,7-10H2,2-5H3. The minimum Gasteiger partial charge on any atom is -0.414 e. The van der Waals surface area contributed by atoms with Crippen LogP contribution in [0.15, 0.2) is 12.7 Å². The van der Waals surface area contributed by atoms with E-state index in [0.29, 0.717) is 0 Å². The Bertz CT molecular complexity index is 173. The molecule has 0 saturated heterocycles. The molecule has 0 heterocycles. The van der Waals surface area contributed by atoms with Crippen LogP contribution in [0.4, 0.5) is 4.39 Å². The number of alkyl halides is 1. The molecule has 0 rings (SSSR count). The van der Waals surface area contributed by atoms with Gasteiger partial charge in [-0.2, -0.15) is 0 Å². The van der Waals surface area contributed by atoms with Crippen molar-refractivity contribution < 1.29 is 8.82 Å². The average molecular weight is 232 g/mol. The van der Waals surface area contributed by atoms with Crippen molar-refractivity contribution in [3.05, 3.63) is 12.7 Å². The Balaban J connectivity index is 4.19. The molecule has 90 valence electrons. The maximum atomic E-state index is 12.6. The fourth-order valence-electron chi connectivity index (χ4n) is 1.59. The lowest BCUT2D eigenvalue weighted by Crippen LogP contribution is -2.33. The summed E-state index contributed by atoms with van der Waals surface area (Å²) in [5.41, 5.74) is 0. The van der Waals surface area contributed by atoms with Crippen LogP contribution in [0, 0.1) is 5.92 Å². The molecular formula is C12H25FOSi. The third-order valence-corrected chi connectivity index (χ3v) is 3.38. The van der Waals surface area contributed by atoms with E-state index in [1.54, 1.807) is 0 Å². The molecular weight excluding hydrogens is 207 g/mol. The first-order chi connectivity index (χ1) is 6.92. The van der Waals surface area contributed by atoms with Gasteiger partial charge in [0, 0.05) is 6.10 Å². The molecule has 1 nitrogen and oxygen atoms in total. The van der Waals surface area contributed by atoms with Crippen molar-refractivity contribution in [1.29, 1.82) is 0 Å². The van der Waals surface area contributed by atoms with E-state index >= 15 is 0 Å². The van der Waals surface area contributed by atoms with Gasteiger partial charge in [0.25, 0.3) is 0 Å². The fraction of sp³-hybridized carbons (Fsp3) is 0.833. The summed E-state index contributed by atoms with van der Waals surface area (Å²) in [6.07, 6.45) is 4.58. The second kappa shape index (κ2) is 7.18. The zero-order valence-electron chi connectivity index (χ0n) is 10.6. The molecule has 0 amide bonds. The molecule has 0 bridgehead atoms. The predicted octanol–water partition coefficient (Wildman–Crippen LogP) is 4.17. The van der Waals surface area contributed by atoms with E-state index < -0.39 is 8.32 Å². The Labute approximate surface area is 94.8 Å². The molecule has 0 aliphatic rings. The van der Waals surface area contributed by atoms with Gasteiger partial charge in [-0.3, -0.25) is 4.39 Å².